The number of hydrogen-bond donors (Lipinski definition) is 0. The molecular formula is C20H27ClF3N3OS. The highest BCUT2D eigenvalue weighted by molar-refractivity contribution is 8.14. The summed E-state index contributed by atoms with van der Waals surface area (Å²) >= 11 is 1.63. The van der Waals surface area contributed by atoms with E-state index in [1.165, 1.54) is 38.3 Å². The minimum Gasteiger partial charge on any atom is -0.333 e. The largest absolute Gasteiger partial charge is 0.416 e. The maximum absolute atomic E-state index is 12.9. The second kappa shape index (κ2) is 9.60. The molecule has 0 N–H and O–H groups in total. The van der Waals surface area contributed by atoms with E-state index in [1.54, 1.807) is 16.7 Å². The highest BCUT2D eigenvalue weighted by atomic mass is 35.5. The van der Waals surface area contributed by atoms with Crippen LogP contribution in [0.5, 0.6) is 0 Å². The number of carbonyl (C=O) groups is 1. The second-order valence-electron chi connectivity index (χ2n) is 7.48. The molecule has 1 heterocycles. The standard InChI is InChI=1S/C20H26F3N3OS.ClH/c1-13-18(25(3)19(28-13)24-16-7-5-4-6-8-16)26(14(2)27)17-11-9-15(10-12-17)20(21,22)23;/h9-13,16,18H,4-8H2,1-3H3;1H. The molecule has 3 rings (SSSR count). The van der Waals surface area contributed by atoms with E-state index in [4.69, 9.17) is 4.99 Å². The van der Waals surface area contributed by atoms with E-state index in [0.717, 1.165) is 30.1 Å². The SMILES string of the molecule is CC(=O)N(c1ccc(C(F)(F)F)cc1)C1C(C)SC(=NC2CCCCC2)N1C.Cl. The van der Waals surface area contributed by atoms with Crippen LogP contribution in [0, 0.1) is 0 Å². The van der Waals surface area contributed by atoms with Gasteiger partial charge >= 0.3 is 6.18 Å². The van der Waals surface area contributed by atoms with E-state index in [-0.39, 0.29) is 29.7 Å². The van der Waals surface area contributed by atoms with Crippen molar-refractivity contribution in [1.29, 1.82) is 0 Å². The third-order valence-corrected chi connectivity index (χ3v) is 6.57. The summed E-state index contributed by atoms with van der Waals surface area (Å²) in [6.45, 7) is 3.47. The summed E-state index contributed by atoms with van der Waals surface area (Å²) in [5.41, 5.74) is -0.259. The van der Waals surface area contributed by atoms with Gasteiger partial charge in [0.1, 0.15) is 6.17 Å². The van der Waals surface area contributed by atoms with E-state index in [9.17, 15) is 18.0 Å². The van der Waals surface area contributed by atoms with Crippen molar-refractivity contribution in [2.24, 2.45) is 4.99 Å². The zero-order chi connectivity index (χ0) is 20.5. The highest BCUT2D eigenvalue weighted by Crippen LogP contribution is 2.37. The van der Waals surface area contributed by atoms with Crippen molar-refractivity contribution in [3.63, 3.8) is 0 Å². The summed E-state index contributed by atoms with van der Waals surface area (Å²) in [6, 6.07) is 5.10. The second-order valence-corrected chi connectivity index (χ2v) is 8.83. The molecule has 2 atom stereocenters. The van der Waals surface area contributed by atoms with E-state index in [2.05, 4.69) is 0 Å². The van der Waals surface area contributed by atoms with Gasteiger partial charge in [0.25, 0.3) is 0 Å². The number of hydrogen-bond acceptors (Lipinski definition) is 3. The first-order valence-corrected chi connectivity index (χ1v) is 10.5. The number of amides is 1. The Balaban J connectivity index is 0.00000300. The lowest BCUT2D eigenvalue weighted by atomic mass is 9.96. The number of benzene rings is 1. The lowest BCUT2D eigenvalue weighted by molar-refractivity contribution is -0.137. The predicted molar refractivity (Wildman–Crippen MR) is 115 cm³/mol. The quantitative estimate of drug-likeness (QED) is 0.605. The average Bonchev–Trinajstić information content (AvgIpc) is 2.90. The normalized spacial score (nSPS) is 24.5. The Kier molecular flexibility index (Phi) is 7.90. The number of halogens is 4. The van der Waals surface area contributed by atoms with Crippen LogP contribution in [0.25, 0.3) is 0 Å². The van der Waals surface area contributed by atoms with Gasteiger partial charge in [0.05, 0.1) is 11.6 Å². The number of amidine groups is 1. The third kappa shape index (κ3) is 5.40. The van der Waals surface area contributed by atoms with Gasteiger partial charge in [0, 0.05) is 24.9 Å². The zero-order valence-electron chi connectivity index (χ0n) is 16.8. The van der Waals surface area contributed by atoms with Gasteiger partial charge in [-0.2, -0.15) is 13.2 Å². The Morgan fingerprint density at radius 1 is 1.17 bits per heavy atom. The molecule has 1 aliphatic carbocycles. The minimum atomic E-state index is -4.40. The van der Waals surface area contributed by atoms with Gasteiger partial charge in [-0.3, -0.25) is 14.7 Å². The van der Waals surface area contributed by atoms with Crippen LogP contribution in [-0.2, 0) is 11.0 Å². The molecule has 2 fully saturated rings. The minimum absolute atomic E-state index is 0. The first-order chi connectivity index (χ1) is 13.2. The number of carbonyl (C=O) groups excluding carboxylic acids is 1. The van der Waals surface area contributed by atoms with Crippen molar-refractivity contribution < 1.29 is 18.0 Å². The van der Waals surface area contributed by atoms with Gasteiger partial charge in [-0.1, -0.05) is 31.0 Å². The molecule has 1 saturated heterocycles. The molecule has 1 aromatic rings. The fourth-order valence-electron chi connectivity index (χ4n) is 3.94. The van der Waals surface area contributed by atoms with Crippen LogP contribution in [0.15, 0.2) is 29.3 Å². The number of alkyl halides is 3. The van der Waals surface area contributed by atoms with Crippen LogP contribution >= 0.6 is 24.2 Å². The Morgan fingerprint density at radius 2 is 1.76 bits per heavy atom. The van der Waals surface area contributed by atoms with Gasteiger partial charge in [0.15, 0.2) is 5.17 Å². The maximum Gasteiger partial charge on any atom is 0.416 e. The average molecular weight is 450 g/mol. The predicted octanol–water partition coefficient (Wildman–Crippen LogP) is 5.56. The first kappa shape index (κ1) is 23.9. The van der Waals surface area contributed by atoms with E-state index in [1.807, 2.05) is 18.9 Å². The molecule has 1 aliphatic heterocycles. The Morgan fingerprint density at radius 3 is 2.28 bits per heavy atom. The molecule has 9 heteroatoms. The summed E-state index contributed by atoms with van der Waals surface area (Å²) in [5, 5.41) is 0.959. The summed E-state index contributed by atoms with van der Waals surface area (Å²) < 4.78 is 38.6. The number of nitrogens with zero attached hydrogens (tertiary/aromatic N) is 3. The summed E-state index contributed by atoms with van der Waals surface area (Å²) in [7, 11) is 1.91. The Bertz CT molecular complexity index is 735. The topological polar surface area (TPSA) is 35.9 Å². The lowest BCUT2D eigenvalue weighted by Crippen LogP contribution is -2.50. The number of aliphatic imine (C=N–C) groups is 1. The van der Waals surface area contributed by atoms with E-state index < -0.39 is 11.7 Å². The summed E-state index contributed by atoms with van der Waals surface area (Å²) in [5.74, 6) is -0.206. The Labute approximate surface area is 180 Å². The van der Waals surface area contributed by atoms with Crippen LogP contribution in [0.2, 0.25) is 0 Å². The zero-order valence-corrected chi connectivity index (χ0v) is 18.4. The molecule has 2 unspecified atom stereocenters. The van der Waals surface area contributed by atoms with Gasteiger partial charge in [-0.25, -0.2) is 0 Å². The van der Waals surface area contributed by atoms with Gasteiger partial charge in [-0.15, -0.1) is 12.4 Å². The fourth-order valence-corrected chi connectivity index (χ4v) is 5.18. The Hall–Kier alpha value is -1.41. The third-order valence-electron chi connectivity index (χ3n) is 5.35. The van der Waals surface area contributed by atoms with Crippen molar-refractivity contribution in [3.05, 3.63) is 29.8 Å². The molecule has 4 nitrogen and oxygen atoms in total. The lowest BCUT2D eigenvalue weighted by Gasteiger charge is -2.35. The molecule has 0 bridgehead atoms. The molecule has 0 spiro atoms. The highest BCUT2D eigenvalue weighted by Gasteiger charge is 2.41. The van der Waals surface area contributed by atoms with Crippen molar-refractivity contribution in [1.82, 2.24) is 4.90 Å². The van der Waals surface area contributed by atoms with Gasteiger partial charge in [0.2, 0.25) is 5.91 Å². The monoisotopic (exact) mass is 449 g/mol. The van der Waals surface area contributed by atoms with Crippen molar-refractivity contribution in [2.45, 2.75) is 69.6 Å². The van der Waals surface area contributed by atoms with Crippen LogP contribution in [-0.4, -0.2) is 40.5 Å². The van der Waals surface area contributed by atoms with E-state index >= 15 is 0 Å². The van der Waals surface area contributed by atoms with Crippen molar-refractivity contribution >= 4 is 40.9 Å². The molecule has 1 saturated carbocycles. The van der Waals surface area contributed by atoms with Crippen molar-refractivity contribution in [2.75, 3.05) is 11.9 Å². The molecule has 0 radical (unpaired) electrons. The summed E-state index contributed by atoms with van der Waals surface area (Å²) in [6.07, 6.45) is 1.14. The van der Waals surface area contributed by atoms with Crippen LogP contribution < -0.4 is 4.90 Å². The molecule has 29 heavy (non-hydrogen) atoms. The summed E-state index contributed by atoms with van der Waals surface area (Å²) in [4.78, 5) is 20.9. The molecule has 162 valence electrons. The van der Waals surface area contributed by atoms with Gasteiger partial charge in [-0.05, 0) is 44.0 Å². The molecule has 1 aromatic carbocycles. The van der Waals surface area contributed by atoms with Crippen LogP contribution in [0.3, 0.4) is 0 Å². The smallest absolute Gasteiger partial charge is 0.333 e. The van der Waals surface area contributed by atoms with Crippen LogP contribution in [0.4, 0.5) is 18.9 Å². The number of rotatable bonds is 3. The maximum atomic E-state index is 12.9. The molecule has 1 amide bonds. The molecule has 2 aliphatic rings. The van der Waals surface area contributed by atoms with Crippen molar-refractivity contribution in [3.8, 4) is 0 Å². The number of anilines is 1. The van der Waals surface area contributed by atoms with Crippen LogP contribution in [0.1, 0.15) is 51.5 Å². The van der Waals surface area contributed by atoms with E-state index in [0.29, 0.717) is 11.7 Å². The molecule has 0 aromatic heterocycles. The van der Waals surface area contributed by atoms with Gasteiger partial charge < -0.3 is 4.90 Å². The fraction of sp³-hybridized carbons (Fsp3) is 0.600. The first-order valence-electron chi connectivity index (χ1n) is 9.63. The molecular weight excluding hydrogens is 423 g/mol. The number of thioether (sulfide) groups is 1.